The average molecular weight is 418 g/mol. The summed E-state index contributed by atoms with van der Waals surface area (Å²) in [6, 6.07) is 16.3. The highest BCUT2D eigenvalue weighted by molar-refractivity contribution is 9.10. The molecule has 0 radical (unpaired) electrons. The Hall–Kier alpha value is -2.37. The SMILES string of the molecule is Cc1ccc(-c2ccc(C=NNC(=O)c3ccc(Br)cc3)o2)cc1Cl. The Bertz CT molecular complexity index is 933. The topological polar surface area (TPSA) is 54.6 Å². The van der Waals surface area contributed by atoms with Crippen LogP contribution in [0.4, 0.5) is 0 Å². The molecule has 0 bridgehead atoms. The number of halogens is 2. The number of carbonyl (C=O) groups is 1. The zero-order valence-corrected chi connectivity index (χ0v) is 15.6. The molecule has 4 nitrogen and oxygen atoms in total. The van der Waals surface area contributed by atoms with E-state index < -0.39 is 0 Å². The Morgan fingerprint density at radius 3 is 2.64 bits per heavy atom. The summed E-state index contributed by atoms with van der Waals surface area (Å²) in [4.78, 5) is 12.0. The van der Waals surface area contributed by atoms with Crippen molar-refractivity contribution in [3.8, 4) is 11.3 Å². The molecule has 126 valence electrons. The van der Waals surface area contributed by atoms with Gasteiger partial charge < -0.3 is 4.42 Å². The maximum Gasteiger partial charge on any atom is 0.271 e. The fraction of sp³-hybridized carbons (Fsp3) is 0.0526. The third kappa shape index (κ3) is 4.38. The Labute approximate surface area is 158 Å². The summed E-state index contributed by atoms with van der Waals surface area (Å²) in [5, 5.41) is 4.61. The average Bonchev–Trinajstić information content (AvgIpc) is 3.07. The van der Waals surface area contributed by atoms with E-state index in [4.69, 9.17) is 16.0 Å². The molecule has 0 saturated heterocycles. The molecule has 0 aliphatic rings. The predicted octanol–water partition coefficient (Wildman–Crippen LogP) is 5.43. The van der Waals surface area contributed by atoms with Gasteiger partial charge in [0.2, 0.25) is 0 Å². The minimum Gasteiger partial charge on any atom is -0.455 e. The predicted molar refractivity (Wildman–Crippen MR) is 103 cm³/mol. The Balaban J connectivity index is 1.66. The van der Waals surface area contributed by atoms with E-state index in [1.165, 1.54) is 6.21 Å². The number of nitrogens with zero attached hydrogens (tertiary/aromatic N) is 1. The van der Waals surface area contributed by atoms with Gasteiger partial charge in [0.15, 0.2) is 0 Å². The molecular formula is C19H14BrClN2O2. The van der Waals surface area contributed by atoms with Gasteiger partial charge in [-0.3, -0.25) is 4.79 Å². The van der Waals surface area contributed by atoms with Gasteiger partial charge in [-0.15, -0.1) is 0 Å². The van der Waals surface area contributed by atoms with Crippen molar-refractivity contribution in [3.63, 3.8) is 0 Å². The van der Waals surface area contributed by atoms with Gasteiger partial charge in [0.25, 0.3) is 5.91 Å². The van der Waals surface area contributed by atoms with Gasteiger partial charge in [0, 0.05) is 20.6 Å². The monoisotopic (exact) mass is 416 g/mol. The zero-order valence-electron chi connectivity index (χ0n) is 13.3. The van der Waals surface area contributed by atoms with Crippen LogP contribution in [0.1, 0.15) is 21.7 Å². The molecule has 1 N–H and O–H groups in total. The number of benzene rings is 2. The van der Waals surface area contributed by atoms with Crippen LogP contribution in [0, 0.1) is 6.92 Å². The molecular weight excluding hydrogens is 404 g/mol. The van der Waals surface area contributed by atoms with Gasteiger partial charge in [-0.2, -0.15) is 5.10 Å². The van der Waals surface area contributed by atoms with Gasteiger partial charge in [0.05, 0.1) is 6.21 Å². The molecule has 0 fully saturated rings. The Morgan fingerprint density at radius 2 is 1.92 bits per heavy atom. The van der Waals surface area contributed by atoms with Crippen molar-refractivity contribution >= 4 is 39.7 Å². The number of nitrogens with one attached hydrogen (secondary N) is 1. The van der Waals surface area contributed by atoms with Crippen LogP contribution in [0.25, 0.3) is 11.3 Å². The van der Waals surface area contributed by atoms with Gasteiger partial charge >= 0.3 is 0 Å². The fourth-order valence-corrected chi connectivity index (χ4v) is 2.59. The molecule has 3 rings (SSSR count). The van der Waals surface area contributed by atoms with Crippen LogP contribution in [0.15, 0.2) is 68.6 Å². The summed E-state index contributed by atoms with van der Waals surface area (Å²) in [5.74, 6) is 0.922. The number of carbonyl (C=O) groups excluding carboxylic acids is 1. The van der Waals surface area contributed by atoms with Crippen LogP contribution >= 0.6 is 27.5 Å². The van der Waals surface area contributed by atoms with E-state index in [1.54, 1.807) is 30.3 Å². The summed E-state index contributed by atoms with van der Waals surface area (Å²) in [5.41, 5.74) is 4.88. The highest BCUT2D eigenvalue weighted by atomic mass is 79.9. The molecule has 1 aromatic heterocycles. The third-order valence-electron chi connectivity index (χ3n) is 3.55. The number of hydrogen-bond acceptors (Lipinski definition) is 3. The van der Waals surface area contributed by atoms with Crippen LogP contribution in [0.3, 0.4) is 0 Å². The molecule has 2 aromatic carbocycles. The Kier molecular flexibility index (Phi) is 5.36. The lowest BCUT2D eigenvalue weighted by molar-refractivity contribution is 0.0955. The minimum absolute atomic E-state index is 0.291. The standard InChI is InChI=1S/C19H14BrClN2O2/c1-12-2-3-14(10-17(12)21)18-9-8-16(25-18)11-22-23-19(24)13-4-6-15(20)7-5-13/h2-11H,1H3,(H,23,24). The van der Waals surface area contributed by atoms with Crippen LogP contribution in [-0.4, -0.2) is 12.1 Å². The van der Waals surface area contributed by atoms with Crippen molar-refractivity contribution in [2.75, 3.05) is 0 Å². The second-order valence-corrected chi connectivity index (χ2v) is 6.69. The van der Waals surface area contributed by atoms with Crippen molar-refractivity contribution in [1.29, 1.82) is 0 Å². The van der Waals surface area contributed by atoms with E-state index in [2.05, 4.69) is 26.5 Å². The van der Waals surface area contributed by atoms with E-state index in [0.29, 0.717) is 22.1 Å². The van der Waals surface area contributed by atoms with Crippen molar-refractivity contribution in [2.45, 2.75) is 6.92 Å². The van der Waals surface area contributed by atoms with Crippen LogP contribution < -0.4 is 5.43 Å². The van der Waals surface area contributed by atoms with Crippen molar-refractivity contribution in [2.24, 2.45) is 5.10 Å². The highest BCUT2D eigenvalue weighted by Crippen LogP contribution is 2.26. The van der Waals surface area contributed by atoms with Gasteiger partial charge in [-0.25, -0.2) is 5.43 Å². The summed E-state index contributed by atoms with van der Waals surface area (Å²) in [7, 11) is 0. The van der Waals surface area contributed by atoms with Gasteiger partial charge in [-0.1, -0.05) is 39.7 Å². The van der Waals surface area contributed by atoms with Crippen molar-refractivity contribution in [1.82, 2.24) is 5.43 Å². The minimum atomic E-state index is -0.291. The Morgan fingerprint density at radius 1 is 1.16 bits per heavy atom. The summed E-state index contributed by atoms with van der Waals surface area (Å²) in [6.45, 7) is 1.94. The third-order valence-corrected chi connectivity index (χ3v) is 4.48. The number of rotatable bonds is 4. The van der Waals surface area contributed by atoms with E-state index >= 15 is 0 Å². The molecule has 1 amide bonds. The first-order valence-electron chi connectivity index (χ1n) is 7.48. The molecule has 0 aliphatic carbocycles. The molecule has 25 heavy (non-hydrogen) atoms. The van der Waals surface area contributed by atoms with Gasteiger partial charge in [-0.05, 0) is 55.0 Å². The molecule has 0 atom stereocenters. The normalized spacial score (nSPS) is 11.0. The van der Waals surface area contributed by atoms with Crippen molar-refractivity contribution < 1.29 is 9.21 Å². The second-order valence-electron chi connectivity index (χ2n) is 5.37. The zero-order chi connectivity index (χ0) is 17.8. The number of amides is 1. The van der Waals surface area contributed by atoms with Crippen molar-refractivity contribution in [3.05, 3.63) is 81.0 Å². The first-order chi connectivity index (χ1) is 12.0. The van der Waals surface area contributed by atoms with E-state index in [-0.39, 0.29) is 5.91 Å². The van der Waals surface area contributed by atoms with Gasteiger partial charge in [0.1, 0.15) is 11.5 Å². The van der Waals surface area contributed by atoms with E-state index in [1.807, 2.05) is 31.2 Å². The first-order valence-corrected chi connectivity index (χ1v) is 8.65. The lowest BCUT2D eigenvalue weighted by Gasteiger charge is -2.01. The number of aryl methyl sites for hydroxylation is 1. The molecule has 0 spiro atoms. The maximum absolute atomic E-state index is 12.0. The number of hydrazone groups is 1. The van der Waals surface area contributed by atoms with E-state index in [0.717, 1.165) is 15.6 Å². The molecule has 3 aromatic rings. The summed E-state index contributed by atoms with van der Waals surface area (Å²) in [6.07, 6.45) is 1.45. The van der Waals surface area contributed by atoms with Crippen LogP contribution in [-0.2, 0) is 0 Å². The molecule has 0 aliphatic heterocycles. The lowest BCUT2D eigenvalue weighted by Crippen LogP contribution is -2.17. The maximum atomic E-state index is 12.0. The summed E-state index contributed by atoms with van der Waals surface area (Å²) >= 11 is 9.46. The highest BCUT2D eigenvalue weighted by Gasteiger charge is 2.06. The smallest absolute Gasteiger partial charge is 0.271 e. The van der Waals surface area contributed by atoms with Crippen LogP contribution in [0.5, 0.6) is 0 Å². The van der Waals surface area contributed by atoms with Crippen LogP contribution in [0.2, 0.25) is 5.02 Å². The summed E-state index contributed by atoms with van der Waals surface area (Å²) < 4.78 is 6.61. The molecule has 0 unspecified atom stereocenters. The number of hydrogen-bond donors (Lipinski definition) is 1. The lowest BCUT2D eigenvalue weighted by atomic mass is 10.1. The van der Waals surface area contributed by atoms with E-state index in [9.17, 15) is 4.79 Å². The fourth-order valence-electron chi connectivity index (χ4n) is 2.14. The first kappa shape index (κ1) is 17.5. The quantitative estimate of drug-likeness (QED) is 0.454. The molecule has 1 heterocycles. The molecule has 6 heteroatoms. The second kappa shape index (κ2) is 7.68. The number of furan rings is 1. The largest absolute Gasteiger partial charge is 0.455 e. The molecule has 0 saturated carbocycles.